The second-order valence-electron chi connectivity index (χ2n) is 8.34. The van der Waals surface area contributed by atoms with E-state index >= 15 is 0 Å². The highest BCUT2D eigenvalue weighted by Crippen LogP contribution is 2.25. The number of pyridine rings is 1. The molecule has 0 radical (unpaired) electrons. The molecule has 4 rings (SSSR count). The zero-order valence-electron chi connectivity index (χ0n) is 18.8. The summed E-state index contributed by atoms with van der Waals surface area (Å²) in [5.74, 6) is -1.05. The van der Waals surface area contributed by atoms with E-state index in [1.807, 2.05) is 24.3 Å². The zero-order chi connectivity index (χ0) is 24.2. The Morgan fingerprint density at radius 1 is 1.18 bits per heavy atom. The Hall–Kier alpha value is -4.01. The number of hydrogen-bond acceptors (Lipinski definition) is 5. The van der Waals surface area contributed by atoms with Crippen molar-refractivity contribution in [3.8, 4) is 0 Å². The first-order valence-corrected chi connectivity index (χ1v) is 11.1. The molecule has 0 saturated carbocycles. The van der Waals surface area contributed by atoms with Gasteiger partial charge in [-0.25, -0.2) is 9.37 Å². The summed E-state index contributed by atoms with van der Waals surface area (Å²) < 4.78 is 13.4. The number of benzene rings is 2. The van der Waals surface area contributed by atoms with E-state index in [1.165, 1.54) is 36.1 Å². The molecule has 3 aromatic rings. The number of hydrogen-bond donors (Lipinski definition) is 3. The van der Waals surface area contributed by atoms with Crippen LogP contribution in [0.4, 0.5) is 10.2 Å². The van der Waals surface area contributed by atoms with Crippen molar-refractivity contribution in [2.75, 3.05) is 12.3 Å². The molecular weight excluding hydrogens is 437 g/mol. The van der Waals surface area contributed by atoms with Gasteiger partial charge < -0.3 is 21.3 Å². The first-order chi connectivity index (χ1) is 16.3. The van der Waals surface area contributed by atoms with Crippen LogP contribution in [-0.2, 0) is 20.9 Å². The van der Waals surface area contributed by atoms with Crippen LogP contribution in [0.2, 0.25) is 0 Å². The minimum atomic E-state index is -0.994. The van der Waals surface area contributed by atoms with Crippen LogP contribution in [0.1, 0.15) is 36.9 Å². The number of anilines is 1. The van der Waals surface area contributed by atoms with Gasteiger partial charge in [-0.15, -0.1) is 0 Å². The van der Waals surface area contributed by atoms with Crippen LogP contribution in [0.5, 0.6) is 0 Å². The molecule has 9 heteroatoms. The monoisotopic (exact) mass is 463 g/mol. The molecule has 0 bridgehead atoms. The quantitative estimate of drug-likeness (QED) is 0.519. The fourth-order valence-electron chi connectivity index (χ4n) is 4.28. The summed E-state index contributed by atoms with van der Waals surface area (Å²) in [6, 6.07) is 11.3. The largest absolute Gasteiger partial charge is 0.383 e. The maximum atomic E-state index is 13.4. The number of nitrogens with two attached hydrogens (primary N) is 1. The number of fused-ring (bicyclic) bond motifs is 1. The fourth-order valence-corrected chi connectivity index (χ4v) is 4.28. The van der Waals surface area contributed by atoms with Gasteiger partial charge in [0.2, 0.25) is 17.7 Å². The summed E-state index contributed by atoms with van der Waals surface area (Å²) in [5.41, 5.74) is 7.24. The van der Waals surface area contributed by atoms with Crippen molar-refractivity contribution >= 4 is 34.3 Å². The van der Waals surface area contributed by atoms with Crippen molar-refractivity contribution in [3.63, 3.8) is 0 Å². The van der Waals surface area contributed by atoms with Crippen molar-refractivity contribution in [1.82, 2.24) is 20.5 Å². The maximum Gasteiger partial charge on any atom is 0.250 e. The van der Waals surface area contributed by atoms with Gasteiger partial charge in [0.15, 0.2) is 0 Å². The molecule has 4 N–H and O–H groups in total. The van der Waals surface area contributed by atoms with Crippen molar-refractivity contribution in [1.29, 1.82) is 0 Å². The van der Waals surface area contributed by atoms with Crippen molar-refractivity contribution in [2.45, 2.75) is 38.4 Å². The van der Waals surface area contributed by atoms with Crippen molar-refractivity contribution in [2.24, 2.45) is 0 Å². The Kier molecular flexibility index (Phi) is 6.72. The lowest BCUT2D eigenvalue weighted by molar-refractivity contribution is -0.141. The van der Waals surface area contributed by atoms with Crippen LogP contribution < -0.4 is 16.4 Å². The molecule has 1 aromatic heterocycles. The third-order valence-corrected chi connectivity index (χ3v) is 5.96. The maximum absolute atomic E-state index is 13.4. The van der Waals surface area contributed by atoms with Crippen LogP contribution in [0.25, 0.3) is 10.8 Å². The lowest BCUT2D eigenvalue weighted by Crippen LogP contribution is -2.49. The molecule has 34 heavy (non-hydrogen) atoms. The molecule has 1 saturated heterocycles. The number of halogens is 1. The van der Waals surface area contributed by atoms with E-state index in [-0.39, 0.29) is 5.91 Å². The van der Waals surface area contributed by atoms with Crippen LogP contribution in [-0.4, -0.2) is 40.2 Å². The third kappa shape index (κ3) is 4.98. The zero-order valence-corrected chi connectivity index (χ0v) is 18.8. The molecule has 1 aliphatic heterocycles. The van der Waals surface area contributed by atoms with E-state index in [2.05, 4.69) is 15.6 Å². The summed E-state index contributed by atoms with van der Waals surface area (Å²) in [6.07, 6.45) is 2.82. The topological polar surface area (TPSA) is 117 Å². The number of nitrogen functional groups attached to an aromatic ring is 1. The smallest absolute Gasteiger partial charge is 0.250 e. The van der Waals surface area contributed by atoms with Gasteiger partial charge in [-0.3, -0.25) is 14.4 Å². The second kappa shape index (κ2) is 9.86. The van der Waals surface area contributed by atoms with Gasteiger partial charge in [0, 0.05) is 31.6 Å². The predicted molar refractivity (Wildman–Crippen MR) is 126 cm³/mol. The molecule has 2 atom stereocenters. The van der Waals surface area contributed by atoms with Crippen molar-refractivity contribution < 1.29 is 18.8 Å². The Bertz CT molecular complexity index is 1230. The highest BCUT2D eigenvalue weighted by Gasteiger charge is 2.37. The Morgan fingerprint density at radius 2 is 1.94 bits per heavy atom. The van der Waals surface area contributed by atoms with Gasteiger partial charge in [-0.2, -0.15) is 0 Å². The van der Waals surface area contributed by atoms with E-state index in [1.54, 1.807) is 6.20 Å². The summed E-state index contributed by atoms with van der Waals surface area (Å²) >= 11 is 0. The molecule has 1 fully saturated rings. The molecule has 1 aliphatic rings. The molecule has 2 unspecified atom stereocenters. The second-order valence-corrected chi connectivity index (χ2v) is 8.34. The molecule has 2 heterocycles. The number of amides is 3. The SMILES string of the molecule is CC(=O)NC(C(=O)N1CCCC1C(=O)NCc1ccc2c(N)nccc2c1)c1ccc(F)cc1. The number of likely N-dealkylation sites (tertiary alicyclic amines) is 1. The summed E-state index contributed by atoms with van der Waals surface area (Å²) in [5, 5.41) is 7.31. The Morgan fingerprint density at radius 3 is 2.68 bits per heavy atom. The molecule has 0 spiro atoms. The average Bonchev–Trinajstić information content (AvgIpc) is 3.31. The Labute approximate surface area is 196 Å². The summed E-state index contributed by atoms with van der Waals surface area (Å²) in [7, 11) is 0. The van der Waals surface area contributed by atoms with Gasteiger partial charge in [0.05, 0.1) is 0 Å². The normalized spacial score (nSPS) is 16.3. The van der Waals surface area contributed by atoms with Gasteiger partial charge in [0.25, 0.3) is 0 Å². The van der Waals surface area contributed by atoms with E-state index in [4.69, 9.17) is 5.73 Å². The predicted octanol–water partition coefficient (Wildman–Crippen LogP) is 2.44. The number of carbonyl (C=O) groups is 3. The molecule has 0 aliphatic carbocycles. The number of nitrogens with one attached hydrogen (secondary N) is 2. The van der Waals surface area contributed by atoms with E-state index < -0.39 is 29.7 Å². The van der Waals surface area contributed by atoms with E-state index in [0.29, 0.717) is 37.3 Å². The highest BCUT2D eigenvalue weighted by molar-refractivity contribution is 5.93. The first-order valence-electron chi connectivity index (χ1n) is 11.1. The number of nitrogens with zero attached hydrogens (tertiary/aromatic N) is 2. The lowest BCUT2D eigenvalue weighted by atomic mass is 10.0. The standard InChI is InChI=1S/C25H26FN5O3/c1-15(32)30-22(17-5-7-19(26)8-6-17)25(34)31-12-2-3-21(31)24(33)29-14-16-4-9-20-18(13-16)10-11-28-23(20)27/h4-11,13,21-22H,2-3,12,14H2,1H3,(H2,27,28)(H,29,33)(H,30,32). The van der Waals surface area contributed by atoms with Gasteiger partial charge >= 0.3 is 0 Å². The number of aromatic nitrogens is 1. The minimum absolute atomic E-state index is 0.263. The van der Waals surface area contributed by atoms with Gasteiger partial charge in [-0.05, 0) is 53.6 Å². The first kappa shape index (κ1) is 23.2. The summed E-state index contributed by atoms with van der Waals surface area (Å²) in [6.45, 7) is 2.00. The molecule has 176 valence electrons. The molecular formula is C25H26FN5O3. The van der Waals surface area contributed by atoms with Crippen LogP contribution >= 0.6 is 0 Å². The molecule has 8 nitrogen and oxygen atoms in total. The fraction of sp³-hybridized carbons (Fsp3) is 0.280. The molecule has 2 aromatic carbocycles. The van der Waals surface area contributed by atoms with Crippen LogP contribution in [0.3, 0.4) is 0 Å². The molecule has 3 amide bonds. The van der Waals surface area contributed by atoms with Crippen LogP contribution in [0, 0.1) is 5.82 Å². The van der Waals surface area contributed by atoms with Crippen LogP contribution in [0.15, 0.2) is 54.7 Å². The summed E-state index contributed by atoms with van der Waals surface area (Å²) in [4.78, 5) is 43.7. The Balaban J connectivity index is 1.47. The minimum Gasteiger partial charge on any atom is -0.383 e. The van der Waals surface area contributed by atoms with Gasteiger partial charge in [-0.1, -0.05) is 24.3 Å². The van der Waals surface area contributed by atoms with E-state index in [0.717, 1.165) is 16.3 Å². The highest BCUT2D eigenvalue weighted by atomic mass is 19.1. The van der Waals surface area contributed by atoms with E-state index in [9.17, 15) is 18.8 Å². The number of carbonyl (C=O) groups excluding carboxylic acids is 3. The average molecular weight is 464 g/mol. The lowest BCUT2D eigenvalue weighted by Gasteiger charge is -2.28. The number of rotatable bonds is 6. The van der Waals surface area contributed by atoms with Gasteiger partial charge in [0.1, 0.15) is 23.7 Å². The van der Waals surface area contributed by atoms with Crippen molar-refractivity contribution in [3.05, 3.63) is 71.7 Å². The third-order valence-electron chi connectivity index (χ3n) is 5.96.